The SMILES string of the molecule is CC1(C)OB(c2cccc3cc(F)cc(F)c23)OC1(C)C. The molecule has 0 aliphatic carbocycles. The highest BCUT2D eigenvalue weighted by Gasteiger charge is 2.52. The third-order valence-electron chi connectivity index (χ3n) is 4.43. The molecule has 3 rings (SSSR count). The van der Waals surface area contributed by atoms with Crippen molar-refractivity contribution in [2.24, 2.45) is 0 Å². The first-order valence-electron chi connectivity index (χ1n) is 6.95. The summed E-state index contributed by atoms with van der Waals surface area (Å²) in [6, 6.07) is 7.38. The van der Waals surface area contributed by atoms with E-state index < -0.39 is 30.0 Å². The fourth-order valence-electron chi connectivity index (χ4n) is 2.53. The Morgan fingerprint density at radius 3 is 2.19 bits per heavy atom. The molecular weight excluding hydrogens is 273 g/mol. The van der Waals surface area contributed by atoms with Gasteiger partial charge < -0.3 is 9.31 Å². The van der Waals surface area contributed by atoms with Crippen LogP contribution in [0, 0.1) is 11.6 Å². The molecule has 110 valence electrons. The third kappa shape index (κ3) is 2.25. The van der Waals surface area contributed by atoms with E-state index in [1.165, 1.54) is 6.07 Å². The normalized spacial score (nSPS) is 20.2. The van der Waals surface area contributed by atoms with Crippen LogP contribution in [0.5, 0.6) is 0 Å². The van der Waals surface area contributed by atoms with Crippen molar-refractivity contribution >= 4 is 23.4 Å². The van der Waals surface area contributed by atoms with Crippen molar-refractivity contribution < 1.29 is 18.1 Å². The quantitative estimate of drug-likeness (QED) is 0.749. The molecule has 0 atom stereocenters. The van der Waals surface area contributed by atoms with Crippen molar-refractivity contribution in [3.8, 4) is 0 Å². The number of hydrogen-bond donors (Lipinski definition) is 0. The van der Waals surface area contributed by atoms with Crippen LogP contribution in [0.2, 0.25) is 0 Å². The van der Waals surface area contributed by atoms with Crippen LogP contribution < -0.4 is 5.46 Å². The zero-order valence-electron chi connectivity index (χ0n) is 12.5. The molecule has 21 heavy (non-hydrogen) atoms. The van der Waals surface area contributed by atoms with Gasteiger partial charge in [-0.15, -0.1) is 0 Å². The summed E-state index contributed by atoms with van der Waals surface area (Å²) in [5.41, 5.74) is -0.421. The van der Waals surface area contributed by atoms with Gasteiger partial charge in [-0.1, -0.05) is 18.2 Å². The summed E-state index contributed by atoms with van der Waals surface area (Å²) in [4.78, 5) is 0. The summed E-state index contributed by atoms with van der Waals surface area (Å²) in [6.45, 7) is 7.75. The summed E-state index contributed by atoms with van der Waals surface area (Å²) >= 11 is 0. The molecule has 5 heteroatoms. The van der Waals surface area contributed by atoms with Gasteiger partial charge in [-0.05, 0) is 44.6 Å². The minimum absolute atomic E-state index is 0.345. The fourth-order valence-corrected chi connectivity index (χ4v) is 2.53. The summed E-state index contributed by atoms with van der Waals surface area (Å²) < 4.78 is 39.5. The number of rotatable bonds is 1. The van der Waals surface area contributed by atoms with E-state index in [9.17, 15) is 8.78 Å². The zero-order chi connectivity index (χ0) is 15.4. The van der Waals surface area contributed by atoms with Gasteiger partial charge in [-0.25, -0.2) is 8.78 Å². The first-order valence-corrected chi connectivity index (χ1v) is 6.95. The molecule has 1 saturated heterocycles. The van der Waals surface area contributed by atoms with Crippen molar-refractivity contribution in [2.45, 2.75) is 38.9 Å². The molecule has 0 bridgehead atoms. The lowest BCUT2D eigenvalue weighted by Gasteiger charge is -2.32. The van der Waals surface area contributed by atoms with E-state index in [0.29, 0.717) is 16.2 Å². The second-order valence-electron chi connectivity index (χ2n) is 6.42. The highest BCUT2D eigenvalue weighted by Crippen LogP contribution is 2.37. The Hall–Kier alpha value is -1.46. The Balaban J connectivity index is 2.15. The Labute approximate surface area is 123 Å². The number of halogens is 2. The maximum Gasteiger partial charge on any atom is 0.495 e. The van der Waals surface area contributed by atoms with Gasteiger partial charge >= 0.3 is 7.12 Å². The molecule has 0 unspecified atom stereocenters. The third-order valence-corrected chi connectivity index (χ3v) is 4.43. The molecule has 0 spiro atoms. The van der Waals surface area contributed by atoms with Crippen molar-refractivity contribution in [1.29, 1.82) is 0 Å². The van der Waals surface area contributed by atoms with Crippen LogP contribution >= 0.6 is 0 Å². The fraction of sp³-hybridized carbons (Fsp3) is 0.375. The monoisotopic (exact) mass is 290 g/mol. The highest BCUT2D eigenvalue weighted by molar-refractivity contribution is 6.65. The van der Waals surface area contributed by atoms with Crippen molar-refractivity contribution in [1.82, 2.24) is 0 Å². The number of benzene rings is 2. The largest absolute Gasteiger partial charge is 0.495 e. The molecule has 0 aromatic heterocycles. The van der Waals surface area contributed by atoms with Crippen LogP contribution in [0.25, 0.3) is 10.8 Å². The first-order chi connectivity index (χ1) is 9.71. The van der Waals surface area contributed by atoms with E-state index in [0.717, 1.165) is 6.07 Å². The maximum atomic E-state index is 14.2. The van der Waals surface area contributed by atoms with Gasteiger partial charge in [0.05, 0.1) is 11.2 Å². The van der Waals surface area contributed by atoms with Gasteiger partial charge in [0.2, 0.25) is 0 Å². The average molecular weight is 290 g/mol. The Bertz CT molecular complexity index is 697. The predicted octanol–water partition coefficient (Wildman–Crippen LogP) is 3.42. The smallest absolute Gasteiger partial charge is 0.399 e. The molecule has 2 aromatic rings. The Kier molecular flexibility index (Phi) is 3.12. The van der Waals surface area contributed by atoms with Crippen LogP contribution in [0.4, 0.5) is 8.78 Å². The molecule has 2 nitrogen and oxygen atoms in total. The van der Waals surface area contributed by atoms with E-state index in [-0.39, 0.29) is 0 Å². The Morgan fingerprint density at radius 1 is 0.952 bits per heavy atom. The highest BCUT2D eigenvalue weighted by atomic mass is 19.1. The molecule has 0 amide bonds. The predicted molar refractivity (Wildman–Crippen MR) is 79.6 cm³/mol. The molecule has 0 N–H and O–H groups in total. The molecule has 1 fully saturated rings. The summed E-state index contributed by atoms with van der Waals surface area (Å²) in [7, 11) is -0.668. The van der Waals surface area contributed by atoms with Gasteiger partial charge in [0.25, 0.3) is 0 Å². The molecule has 0 saturated carbocycles. The van der Waals surface area contributed by atoms with E-state index in [2.05, 4.69) is 0 Å². The van der Waals surface area contributed by atoms with Gasteiger partial charge in [0, 0.05) is 11.5 Å². The molecule has 1 heterocycles. The molecule has 0 radical (unpaired) electrons. The lowest BCUT2D eigenvalue weighted by Crippen LogP contribution is -2.41. The van der Waals surface area contributed by atoms with Crippen molar-refractivity contribution in [3.05, 3.63) is 42.0 Å². The first kappa shape index (κ1) is 14.5. The second-order valence-corrected chi connectivity index (χ2v) is 6.42. The number of hydrogen-bond acceptors (Lipinski definition) is 2. The minimum Gasteiger partial charge on any atom is -0.399 e. The second kappa shape index (κ2) is 4.52. The van der Waals surface area contributed by atoms with Gasteiger partial charge in [-0.3, -0.25) is 0 Å². The van der Waals surface area contributed by atoms with Crippen LogP contribution in [0.3, 0.4) is 0 Å². The van der Waals surface area contributed by atoms with Crippen LogP contribution in [-0.4, -0.2) is 18.3 Å². The van der Waals surface area contributed by atoms with Crippen LogP contribution in [0.1, 0.15) is 27.7 Å². The van der Waals surface area contributed by atoms with E-state index in [4.69, 9.17) is 9.31 Å². The van der Waals surface area contributed by atoms with Crippen LogP contribution in [-0.2, 0) is 9.31 Å². The molecule has 2 aromatic carbocycles. The standard InChI is InChI=1S/C16H17BF2O2/c1-15(2)16(3,4)21-17(20-15)12-7-5-6-10-8-11(18)9-13(19)14(10)12/h5-9H,1-4H3. The molecule has 1 aliphatic rings. The van der Waals surface area contributed by atoms with Gasteiger partial charge in [-0.2, -0.15) is 0 Å². The Morgan fingerprint density at radius 2 is 1.57 bits per heavy atom. The van der Waals surface area contributed by atoms with Crippen molar-refractivity contribution in [3.63, 3.8) is 0 Å². The summed E-state index contributed by atoms with van der Waals surface area (Å²) in [5.74, 6) is -1.19. The maximum absolute atomic E-state index is 14.2. The van der Waals surface area contributed by atoms with Crippen LogP contribution in [0.15, 0.2) is 30.3 Å². The topological polar surface area (TPSA) is 18.5 Å². The van der Waals surface area contributed by atoms with Gasteiger partial charge in [0.15, 0.2) is 0 Å². The van der Waals surface area contributed by atoms with E-state index >= 15 is 0 Å². The van der Waals surface area contributed by atoms with Crippen molar-refractivity contribution in [2.75, 3.05) is 0 Å². The van der Waals surface area contributed by atoms with E-state index in [1.807, 2.05) is 27.7 Å². The molecular formula is C16H17BF2O2. The lowest BCUT2D eigenvalue weighted by atomic mass is 9.76. The average Bonchev–Trinajstić information content (AvgIpc) is 2.57. The van der Waals surface area contributed by atoms with Gasteiger partial charge in [0.1, 0.15) is 11.6 Å². The summed E-state index contributed by atoms with van der Waals surface area (Å²) in [5, 5.41) is 0.845. The minimum atomic E-state index is -0.668. The molecule has 1 aliphatic heterocycles. The number of fused-ring (bicyclic) bond motifs is 1. The van der Waals surface area contributed by atoms with E-state index in [1.54, 1.807) is 18.2 Å². The summed E-state index contributed by atoms with van der Waals surface area (Å²) in [6.07, 6.45) is 0. The zero-order valence-corrected chi connectivity index (χ0v) is 12.5. The lowest BCUT2D eigenvalue weighted by molar-refractivity contribution is 0.00578.